The number of carbonyl (C=O) groups is 1. The predicted molar refractivity (Wildman–Crippen MR) is 42.9 cm³/mol. The van der Waals surface area contributed by atoms with Crippen LogP contribution in [0.1, 0.15) is 32.1 Å². The van der Waals surface area contributed by atoms with Gasteiger partial charge in [-0.2, -0.15) is 0 Å². The summed E-state index contributed by atoms with van der Waals surface area (Å²) in [4.78, 5) is 10.1. The van der Waals surface area contributed by atoms with Crippen LogP contribution in [-0.2, 0) is 4.79 Å². The average molecular weight is 160 g/mol. The predicted octanol–water partition coefficient (Wildman–Crippen LogP) is 0.485. The van der Waals surface area contributed by atoms with E-state index in [9.17, 15) is 4.79 Å². The molecular weight excluding hydrogens is 144 g/mol. The summed E-state index contributed by atoms with van der Waals surface area (Å²) in [6, 6.07) is 0. The van der Waals surface area contributed by atoms with Crippen molar-refractivity contribution in [3.05, 3.63) is 0 Å². The van der Waals surface area contributed by atoms with Gasteiger partial charge in [-0.3, -0.25) is 16.1 Å². The maximum absolute atomic E-state index is 10.1. The highest BCUT2D eigenvalue weighted by molar-refractivity contribution is 5.66. The molecular formula is C7H16N2O2. The van der Waals surface area contributed by atoms with Crippen LogP contribution >= 0.6 is 0 Å². The third-order valence-electron chi connectivity index (χ3n) is 1.46. The Balaban J connectivity index is 2.85. The molecule has 0 unspecified atom stereocenters. The lowest BCUT2D eigenvalue weighted by Crippen LogP contribution is -2.22. The van der Waals surface area contributed by atoms with Gasteiger partial charge < -0.3 is 5.11 Å². The van der Waals surface area contributed by atoms with Crippen LogP contribution in [0.3, 0.4) is 0 Å². The van der Waals surface area contributed by atoms with Gasteiger partial charge in [0.05, 0.1) is 0 Å². The zero-order valence-corrected chi connectivity index (χ0v) is 6.68. The molecule has 0 aromatic rings. The van der Waals surface area contributed by atoms with E-state index < -0.39 is 5.97 Å². The summed E-state index contributed by atoms with van der Waals surface area (Å²) >= 11 is 0. The van der Waals surface area contributed by atoms with Crippen LogP contribution in [0.25, 0.3) is 0 Å². The summed E-state index contributed by atoms with van der Waals surface area (Å²) < 4.78 is 0. The summed E-state index contributed by atoms with van der Waals surface area (Å²) in [7, 11) is 0. The zero-order valence-electron chi connectivity index (χ0n) is 6.68. The van der Waals surface area contributed by atoms with E-state index in [1.54, 1.807) is 0 Å². The van der Waals surface area contributed by atoms with Crippen LogP contribution in [0, 0.1) is 0 Å². The van der Waals surface area contributed by atoms with E-state index in [1.165, 1.54) is 0 Å². The zero-order chi connectivity index (χ0) is 8.53. The van der Waals surface area contributed by atoms with Gasteiger partial charge in [0.2, 0.25) is 0 Å². The Bertz CT molecular complexity index is 107. The Labute approximate surface area is 66.7 Å². The Morgan fingerprint density at radius 3 is 2.45 bits per heavy atom. The third-order valence-corrected chi connectivity index (χ3v) is 1.46. The molecule has 0 bridgehead atoms. The highest BCUT2D eigenvalue weighted by Crippen LogP contribution is 2.01. The van der Waals surface area contributed by atoms with E-state index in [4.69, 9.17) is 10.9 Å². The lowest BCUT2D eigenvalue weighted by atomic mass is 10.1. The number of carboxylic acids is 1. The van der Waals surface area contributed by atoms with Crippen molar-refractivity contribution in [1.29, 1.82) is 0 Å². The second kappa shape index (κ2) is 7.50. The summed E-state index contributed by atoms with van der Waals surface area (Å²) in [5.41, 5.74) is 2.55. The van der Waals surface area contributed by atoms with Crippen molar-refractivity contribution in [2.75, 3.05) is 6.54 Å². The summed E-state index contributed by atoms with van der Waals surface area (Å²) in [5.74, 6) is 4.34. The largest absolute Gasteiger partial charge is 0.481 e. The highest BCUT2D eigenvalue weighted by Gasteiger charge is 1.95. The first kappa shape index (κ1) is 10.4. The van der Waals surface area contributed by atoms with Crippen molar-refractivity contribution in [3.63, 3.8) is 0 Å². The highest BCUT2D eigenvalue weighted by atomic mass is 16.4. The molecule has 0 aromatic heterocycles. The van der Waals surface area contributed by atoms with Crippen LogP contribution < -0.4 is 11.3 Å². The van der Waals surface area contributed by atoms with Crippen molar-refractivity contribution < 1.29 is 9.90 Å². The van der Waals surface area contributed by atoms with Crippen LogP contribution in [0.15, 0.2) is 0 Å². The molecule has 0 spiro atoms. The second-order valence-corrected chi connectivity index (χ2v) is 2.51. The molecule has 0 saturated heterocycles. The number of aliphatic carboxylic acids is 1. The average Bonchev–Trinajstić information content (AvgIpc) is 1.96. The second-order valence-electron chi connectivity index (χ2n) is 2.51. The van der Waals surface area contributed by atoms with Gasteiger partial charge in [-0.15, -0.1) is 0 Å². The minimum atomic E-state index is -0.707. The fourth-order valence-corrected chi connectivity index (χ4v) is 0.857. The van der Waals surface area contributed by atoms with Crippen molar-refractivity contribution in [2.24, 2.45) is 5.84 Å². The molecule has 0 heterocycles. The Hall–Kier alpha value is -0.610. The molecule has 0 atom stereocenters. The molecule has 4 N–H and O–H groups in total. The number of rotatable bonds is 7. The van der Waals surface area contributed by atoms with Crippen LogP contribution in [0.4, 0.5) is 0 Å². The normalized spacial score (nSPS) is 9.91. The topological polar surface area (TPSA) is 75.3 Å². The first-order valence-corrected chi connectivity index (χ1v) is 3.92. The van der Waals surface area contributed by atoms with Crippen molar-refractivity contribution in [1.82, 2.24) is 5.43 Å². The molecule has 0 saturated carbocycles. The molecule has 4 heteroatoms. The van der Waals surface area contributed by atoms with E-state index >= 15 is 0 Å². The standard InChI is InChI=1S/C7H16N2O2/c8-9-6-4-2-1-3-5-7(10)11/h9H,1-6,8H2,(H,10,11). The van der Waals surface area contributed by atoms with E-state index in [1.807, 2.05) is 0 Å². The van der Waals surface area contributed by atoms with Gasteiger partial charge in [0, 0.05) is 13.0 Å². The lowest BCUT2D eigenvalue weighted by Gasteiger charge is -1.98. The van der Waals surface area contributed by atoms with E-state index in [-0.39, 0.29) is 6.42 Å². The van der Waals surface area contributed by atoms with E-state index in [0.717, 1.165) is 32.2 Å². The lowest BCUT2D eigenvalue weighted by molar-refractivity contribution is -0.137. The molecule has 0 aliphatic rings. The molecule has 0 amide bonds. The van der Waals surface area contributed by atoms with Gasteiger partial charge in [0.15, 0.2) is 0 Å². The number of hydrogen-bond donors (Lipinski definition) is 3. The van der Waals surface area contributed by atoms with Crippen molar-refractivity contribution >= 4 is 5.97 Å². The van der Waals surface area contributed by atoms with Crippen LogP contribution in [0.5, 0.6) is 0 Å². The van der Waals surface area contributed by atoms with Crippen molar-refractivity contribution in [3.8, 4) is 0 Å². The maximum atomic E-state index is 10.1. The minimum Gasteiger partial charge on any atom is -0.481 e. The summed E-state index contributed by atoms with van der Waals surface area (Å²) in [6.07, 6.45) is 4.12. The van der Waals surface area contributed by atoms with Gasteiger partial charge >= 0.3 is 5.97 Å². The molecule has 0 rings (SSSR count). The molecule has 0 radical (unpaired) electrons. The number of nitrogens with two attached hydrogens (primary N) is 1. The number of unbranched alkanes of at least 4 members (excludes halogenated alkanes) is 3. The van der Waals surface area contributed by atoms with Crippen LogP contribution in [0.2, 0.25) is 0 Å². The monoisotopic (exact) mass is 160 g/mol. The fraction of sp³-hybridized carbons (Fsp3) is 0.857. The summed E-state index contributed by atoms with van der Waals surface area (Å²) in [5, 5.41) is 8.28. The SMILES string of the molecule is NNCCCCCCC(=O)O. The number of hydrazine groups is 1. The molecule has 0 aromatic carbocycles. The minimum absolute atomic E-state index is 0.288. The van der Waals surface area contributed by atoms with Crippen molar-refractivity contribution in [2.45, 2.75) is 32.1 Å². The molecule has 11 heavy (non-hydrogen) atoms. The fourth-order valence-electron chi connectivity index (χ4n) is 0.857. The maximum Gasteiger partial charge on any atom is 0.303 e. The Morgan fingerprint density at radius 2 is 1.91 bits per heavy atom. The number of nitrogens with one attached hydrogen (secondary N) is 1. The first-order chi connectivity index (χ1) is 5.27. The molecule has 66 valence electrons. The van der Waals surface area contributed by atoms with Gasteiger partial charge in [0.1, 0.15) is 0 Å². The molecule has 0 aliphatic heterocycles. The number of hydrogen-bond acceptors (Lipinski definition) is 3. The Morgan fingerprint density at radius 1 is 1.27 bits per heavy atom. The summed E-state index contributed by atoms with van der Waals surface area (Å²) in [6.45, 7) is 0.813. The molecule has 0 aliphatic carbocycles. The van der Waals surface area contributed by atoms with E-state index in [2.05, 4.69) is 5.43 Å². The van der Waals surface area contributed by atoms with E-state index in [0.29, 0.717) is 0 Å². The van der Waals surface area contributed by atoms with Gasteiger partial charge in [-0.25, -0.2) is 0 Å². The van der Waals surface area contributed by atoms with Crippen LogP contribution in [-0.4, -0.2) is 17.6 Å². The smallest absolute Gasteiger partial charge is 0.303 e. The molecule has 4 nitrogen and oxygen atoms in total. The van der Waals surface area contributed by atoms with Gasteiger partial charge in [0.25, 0.3) is 0 Å². The Kier molecular flexibility index (Phi) is 7.08. The number of carboxylic acid groups (broad SMARTS) is 1. The molecule has 0 fully saturated rings. The van der Waals surface area contributed by atoms with Gasteiger partial charge in [-0.05, 0) is 12.8 Å². The quantitative estimate of drug-likeness (QED) is 0.288. The first-order valence-electron chi connectivity index (χ1n) is 3.92. The van der Waals surface area contributed by atoms with Gasteiger partial charge in [-0.1, -0.05) is 12.8 Å². The third kappa shape index (κ3) is 9.39.